The topological polar surface area (TPSA) is 30.5 Å². The number of benzene rings is 1. The minimum Gasteiger partial charge on any atom is -0.497 e. The van der Waals surface area contributed by atoms with E-state index >= 15 is 0 Å². The van der Waals surface area contributed by atoms with Crippen molar-refractivity contribution in [2.75, 3.05) is 20.3 Å². The van der Waals surface area contributed by atoms with E-state index in [-0.39, 0.29) is 0 Å². The van der Waals surface area contributed by atoms with Gasteiger partial charge in [0.2, 0.25) is 0 Å². The molecule has 0 atom stereocenters. The van der Waals surface area contributed by atoms with Crippen molar-refractivity contribution < 1.29 is 9.47 Å². The fraction of sp³-hybridized carbons (Fsp3) is 0.467. The molecule has 3 nitrogen and oxygen atoms in total. The van der Waals surface area contributed by atoms with Gasteiger partial charge in [-0.3, -0.25) is 0 Å². The van der Waals surface area contributed by atoms with Crippen molar-refractivity contribution in [1.82, 2.24) is 5.32 Å². The van der Waals surface area contributed by atoms with Gasteiger partial charge in [-0.2, -0.15) is 0 Å². The summed E-state index contributed by atoms with van der Waals surface area (Å²) in [6, 6.07) is 5.81. The van der Waals surface area contributed by atoms with Crippen molar-refractivity contribution in [3.8, 4) is 11.5 Å². The highest BCUT2D eigenvalue weighted by Crippen LogP contribution is 2.24. The Labute approximate surface area is 120 Å². The maximum Gasteiger partial charge on any atom is 0.124 e. The van der Waals surface area contributed by atoms with Crippen LogP contribution in [0.25, 0.3) is 0 Å². The smallest absolute Gasteiger partial charge is 0.124 e. The van der Waals surface area contributed by atoms with Gasteiger partial charge in [-0.25, -0.2) is 0 Å². The summed E-state index contributed by atoms with van der Waals surface area (Å²) in [6.07, 6.45) is 1.76. The Kier molecular flexibility index (Phi) is 7.38. The second kappa shape index (κ2) is 8.83. The first-order valence-electron chi connectivity index (χ1n) is 6.43. The van der Waals surface area contributed by atoms with E-state index in [1.807, 2.05) is 18.2 Å². The molecule has 0 spiro atoms. The molecule has 0 fully saturated rings. The minimum absolute atomic E-state index is 0.465. The number of ether oxygens (including phenoxy) is 2. The largest absolute Gasteiger partial charge is 0.497 e. The summed E-state index contributed by atoms with van der Waals surface area (Å²) < 4.78 is 10.9. The molecule has 0 aromatic heterocycles. The van der Waals surface area contributed by atoms with Gasteiger partial charge >= 0.3 is 0 Å². The zero-order valence-corrected chi connectivity index (χ0v) is 12.5. The van der Waals surface area contributed by atoms with Crippen LogP contribution < -0.4 is 14.8 Å². The molecule has 0 aliphatic rings. The maximum absolute atomic E-state index is 5.67. The molecule has 0 heterocycles. The summed E-state index contributed by atoms with van der Waals surface area (Å²) in [5.41, 5.74) is 2.54. The van der Waals surface area contributed by atoms with E-state index in [4.69, 9.17) is 21.1 Å². The highest BCUT2D eigenvalue weighted by molar-refractivity contribution is 6.25. The van der Waals surface area contributed by atoms with Crippen molar-refractivity contribution in [3.63, 3.8) is 0 Å². The molecule has 0 aliphatic heterocycles. The zero-order valence-electron chi connectivity index (χ0n) is 11.8. The van der Waals surface area contributed by atoms with Crippen LogP contribution in [0.4, 0.5) is 0 Å². The zero-order chi connectivity index (χ0) is 14.1. The standard InChI is InChI=1S/C15H22ClNO2/c1-12(2)10-17-11-13-9-14(18-3)5-6-15(13)19-8-4-7-16/h4-7,9,12,17H,8,10-11H2,1-3H3. The summed E-state index contributed by atoms with van der Waals surface area (Å²) in [5.74, 6) is 2.31. The number of nitrogens with one attached hydrogen (secondary N) is 1. The van der Waals surface area contributed by atoms with Crippen molar-refractivity contribution in [3.05, 3.63) is 35.4 Å². The summed E-state index contributed by atoms with van der Waals surface area (Å²) in [7, 11) is 1.66. The molecule has 0 saturated heterocycles. The summed E-state index contributed by atoms with van der Waals surface area (Å²) >= 11 is 5.48. The van der Waals surface area contributed by atoms with Crippen LogP contribution in [0.5, 0.6) is 11.5 Å². The van der Waals surface area contributed by atoms with Crippen LogP contribution in [0.2, 0.25) is 0 Å². The Bertz CT molecular complexity index is 405. The van der Waals surface area contributed by atoms with Gasteiger partial charge in [-0.1, -0.05) is 25.4 Å². The van der Waals surface area contributed by atoms with E-state index in [9.17, 15) is 0 Å². The molecule has 0 unspecified atom stereocenters. The van der Waals surface area contributed by atoms with Gasteiger partial charge < -0.3 is 14.8 Å². The van der Waals surface area contributed by atoms with Crippen LogP contribution in [-0.4, -0.2) is 20.3 Å². The Morgan fingerprint density at radius 1 is 1.37 bits per heavy atom. The monoisotopic (exact) mass is 283 g/mol. The molecule has 1 aromatic rings. The molecule has 4 heteroatoms. The summed E-state index contributed by atoms with van der Waals surface area (Å²) in [4.78, 5) is 0. The molecule has 0 bridgehead atoms. The molecule has 1 N–H and O–H groups in total. The summed E-state index contributed by atoms with van der Waals surface area (Å²) in [5, 5.41) is 3.40. The fourth-order valence-corrected chi connectivity index (χ4v) is 1.70. The highest BCUT2D eigenvalue weighted by Gasteiger charge is 2.06. The van der Waals surface area contributed by atoms with E-state index < -0.39 is 0 Å². The van der Waals surface area contributed by atoms with E-state index in [1.165, 1.54) is 5.54 Å². The normalized spacial score (nSPS) is 11.2. The lowest BCUT2D eigenvalue weighted by atomic mass is 10.1. The van der Waals surface area contributed by atoms with Crippen LogP contribution in [0.1, 0.15) is 19.4 Å². The molecule has 0 radical (unpaired) electrons. The highest BCUT2D eigenvalue weighted by atomic mass is 35.5. The Morgan fingerprint density at radius 3 is 2.79 bits per heavy atom. The van der Waals surface area contributed by atoms with Gasteiger partial charge in [0.1, 0.15) is 18.1 Å². The van der Waals surface area contributed by atoms with Crippen LogP contribution in [0, 0.1) is 5.92 Å². The molecule has 1 aromatic carbocycles. The molecule has 0 aliphatic carbocycles. The molecular formula is C15H22ClNO2. The molecule has 1 rings (SSSR count). The number of halogens is 1. The lowest BCUT2D eigenvalue weighted by molar-refractivity contribution is 0.355. The minimum atomic E-state index is 0.465. The van der Waals surface area contributed by atoms with E-state index in [0.717, 1.165) is 30.2 Å². The number of hydrogen-bond donors (Lipinski definition) is 1. The Balaban J connectivity index is 2.71. The third-order valence-corrected chi connectivity index (χ3v) is 2.74. The SMILES string of the molecule is COc1ccc(OCC=CCl)c(CNCC(C)C)c1. The second-order valence-corrected chi connectivity index (χ2v) is 4.92. The Hall–Kier alpha value is -1.19. The maximum atomic E-state index is 5.67. The second-order valence-electron chi connectivity index (χ2n) is 4.67. The van der Waals surface area contributed by atoms with Crippen molar-refractivity contribution >= 4 is 11.6 Å². The van der Waals surface area contributed by atoms with E-state index in [0.29, 0.717) is 12.5 Å². The average molecular weight is 284 g/mol. The van der Waals surface area contributed by atoms with E-state index in [1.54, 1.807) is 13.2 Å². The van der Waals surface area contributed by atoms with Gasteiger partial charge in [0.25, 0.3) is 0 Å². The lowest BCUT2D eigenvalue weighted by Gasteiger charge is -2.13. The number of hydrogen-bond acceptors (Lipinski definition) is 3. The predicted molar refractivity (Wildman–Crippen MR) is 80.0 cm³/mol. The van der Waals surface area contributed by atoms with E-state index in [2.05, 4.69) is 19.2 Å². The lowest BCUT2D eigenvalue weighted by Crippen LogP contribution is -2.19. The molecular weight excluding hydrogens is 262 g/mol. The van der Waals surface area contributed by atoms with Gasteiger partial charge in [-0.15, -0.1) is 0 Å². The number of rotatable bonds is 8. The third kappa shape index (κ3) is 5.99. The quantitative estimate of drug-likeness (QED) is 0.791. The van der Waals surface area contributed by atoms with Crippen LogP contribution in [0.3, 0.4) is 0 Å². The van der Waals surface area contributed by atoms with Gasteiger partial charge in [0.15, 0.2) is 0 Å². The average Bonchev–Trinajstić information content (AvgIpc) is 2.40. The molecule has 0 amide bonds. The predicted octanol–water partition coefficient (Wildman–Crippen LogP) is 3.57. The van der Waals surface area contributed by atoms with Crippen molar-refractivity contribution in [2.45, 2.75) is 20.4 Å². The Morgan fingerprint density at radius 2 is 2.16 bits per heavy atom. The first-order valence-corrected chi connectivity index (χ1v) is 6.86. The van der Waals surface area contributed by atoms with Crippen molar-refractivity contribution in [2.24, 2.45) is 5.92 Å². The van der Waals surface area contributed by atoms with Gasteiger partial charge in [-0.05, 0) is 36.7 Å². The third-order valence-electron chi connectivity index (χ3n) is 2.56. The summed E-state index contributed by atoms with van der Waals surface area (Å²) in [6.45, 7) is 6.56. The van der Waals surface area contributed by atoms with Crippen molar-refractivity contribution in [1.29, 1.82) is 0 Å². The molecule has 0 saturated carbocycles. The van der Waals surface area contributed by atoms with Crippen LogP contribution in [0.15, 0.2) is 29.8 Å². The first-order chi connectivity index (χ1) is 9.17. The van der Waals surface area contributed by atoms with Crippen LogP contribution in [-0.2, 0) is 6.54 Å². The number of methoxy groups -OCH3 is 1. The first kappa shape index (κ1) is 15.9. The molecule has 19 heavy (non-hydrogen) atoms. The van der Waals surface area contributed by atoms with Crippen LogP contribution >= 0.6 is 11.6 Å². The molecule has 106 valence electrons. The fourth-order valence-electron chi connectivity index (χ4n) is 1.63. The van der Waals surface area contributed by atoms with Gasteiger partial charge in [0.05, 0.1) is 7.11 Å². The van der Waals surface area contributed by atoms with Gasteiger partial charge in [0, 0.05) is 17.6 Å².